The first kappa shape index (κ1) is 35.7. The van der Waals surface area contributed by atoms with Crippen molar-refractivity contribution in [3.05, 3.63) is 119 Å². The Labute approximate surface area is 307 Å². The van der Waals surface area contributed by atoms with Crippen LogP contribution in [-0.2, 0) is 40.2 Å². The van der Waals surface area contributed by atoms with Crippen LogP contribution in [0, 0.1) is 11.6 Å². The first-order valence-electron chi connectivity index (χ1n) is 18.1. The van der Waals surface area contributed by atoms with E-state index in [9.17, 15) is 23.2 Å². The highest BCUT2D eigenvalue weighted by Crippen LogP contribution is 2.33. The van der Waals surface area contributed by atoms with Crippen molar-refractivity contribution in [3.63, 3.8) is 0 Å². The zero-order valence-corrected chi connectivity index (χ0v) is 29.9. The van der Waals surface area contributed by atoms with E-state index in [4.69, 9.17) is 9.47 Å². The first-order chi connectivity index (χ1) is 25.7. The Bertz CT molecular complexity index is 2010. The molecule has 53 heavy (non-hydrogen) atoms. The van der Waals surface area contributed by atoms with E-state index in [1.54, 1.807) is 24.3 Å². The Morgan fingerprint density at radius 2 is 1.15 bits per heavy atom. The van der Waals surface area contributed by atoms with E-state index in [2.05, 4.69) is 34.5 Å². The fraction of sp³-hybridized carbons (Fsp3) is 0.341. The van der Waals surface area contributed by atoms with Crippen LogP contribution in [0.3, 0.4) is 0 Å². The molecular weight excluding hydrogens is 680 g/mol. The van der Waals surface area contributed by atoms with Gasteiger partial charge in [0.15, 0.2) is 0 Å². The van der Waals surface area contributed by atoms with Crippen LogP contribution in [0.25, 0.3) is 0 Å². The normalized spacial score (nSPS) is 19.2. The standard InChI is InChI=1S/C21H22FN3O3.C20H21FN2O2/c1-14(26)23-11-18-13-25(21(27)28-18)17-6-7-20(19(22)10-17)24-9-8-15-4-2-3-5-16(15)12-24;1-2-17-13-23(20(24)25-17)16-7-8-19(18(21)11-16)22-10-9-14-5-3-4-6-15(14)12-22/h2-7,10,18H,8-9,11-13H2,1H3,(H,23,26);3-8,11,17H,2,9-10,12-13H2,1H3/t18-;17-/m00/s1. The second-order valence-electron chi connectivity index (χ2n) is 13.7. The third kappa shape index (κ3) is 7.91. The van der Waals surface area contributed by atoms with Crippen molar-refractivity contribution >= 4 is 40.8 Å². The molecule has 3 amide bonds. The van der Waals surface area contributed by atoms with Gasteiger partial charge in [-0.05, 0) is 77.9 Å². The topological polar surface area (TPSA) is 94.7 Å². The number of nitrogens with one attached hydrogen (secondary N) is 1. The smallest absolute Gasteiger partial charge is 0.414 e. The largest absolute Gasteiger partial charge is 0.444 e. The summed E-state index contributed by atoms with van der Waals surface area (Å²) in [5, 5.41) is 2.63. The number of carbonyl (C=O) groups excluding carboxylic acids is 3. The number of benzene rings is 4. The van der Waals surface area contributed by atoms with Crippen molar-refractivity contribution in [2.24, 2.45) is 0 Å². The van der Waals surface area contributed by atoms with Gasteiger partial charge in [0.1, 0.15) is 23.8 Å². The van der Waals surface area contributed by atoms with Crippen LogP contribution in [-0.4, -0.2) is 63.0 Å². The lowest BCUT2D eigenvalue weighted by Gasteiger charge is -2.31. The van der Waals surface area contributed by atoms with Crippen LogP contribution in [0.5, 0.6) is 0 Å². The minimum atomic E-state index is -0.533. The van der Waals surface area contributed by atoms with Crippen LogP contribution in [0.1, 0.15) is 42.5 Å². The van der Waals surface area contributed by atoms with Crippen molar-refractivity contribution in [1.29, 1.82) is 0 Å². The van der Waals surface area contributed by atoms with E-state index in [1.807, 2.05) is 36.1 Å². The number of rotatable bonds is 7. The van der Waals surface area contributed by atoms with Gasteiger partial charge in [-0.3, -0.25) is 14.6 Å². The van der Waals surface area contributed by atoms with Gasteiger partial charge in [0.25, 0.3) is 0 Å². The molecule has 1 N–H and O–H groups in total. The van der Waals surface area contributed by atoms with E-state index < -0.39 is 18.3 Å². The Morgan fingerprint density at radius 1 is 0.698 bits per heavy atom. The van der Waals surface area contributed by atoms with Gasteiger partial charge in [-0.25, -0.2) is 18.4 Å². The predicted molar refractivity (Wildman–Crippen MR) is 199 cm³/mol. The monoisotopic (exact) mass is 723 g/mol. The van der Waals surface area contributed by atoms with E-state index in [1.165, 1.54) is 51.1 Å². The van der Waals surface area contributed by atoms with Crippen molar-refractivity contribution in [3.8, 4) is 0 Å². The summed E-state index contributed by atoms with van der Waals surface area (Å²) in [7, 11) is 0. The van der Waals surface area contributed by atoms with Gasteiger partial charge in [-0.15, -0.1) is 0 Å². The summed E-state index contributed by atoms with van der Waals surface area (Å²) in [5.74, 6) is -0.854. The summed E-state index contributed by atoms with van der Waals surface area (Å²) >= 11 is 0. The molecule has 2 atom stereocenters. The van der Waals surface area contributed by atoms with Gasteiger partial charge in [0.2, 0.25) is 5.91 Å². The Morgan fingerprint density at radius 3 is 1.58 bits per heavy atom. The van der Waals surface area contributed by atoms with Gasteiger partial charge in [-0.1, -0.05) is 55.5 Å². The molecular formula is C41H43F2N5O5. The number of fused-ring (bicyclic) bond motifs is 2. The molecule has 276 valence electrons. The minimum Gasteiger partial charge on any atom is -0.444 e. The molecule has 2 fully saturated rings. The highest BCUT2D eigenvalue weighted by atomic mass is 19.1. The fourth-order valence-corrected chi connectivity index (χ4v) is 7.28. The molecule has 0 unspecified atom stereocenters. The fourth-order valence-electron chi connectivity index (χ4n) is 7.28. The van der Waals surface area contributed by atoms with Gasteiger partial charge in [-0.2, -0.15) is 0 Å². The number of hydrogen-bond donors (Lipinski definition) is 1. The molecule has 2 saturated heterocycles. The Hall–Kier alpha value is -5.65. The number of anilines is 4. The molecule has 8 rings (SSSR count). The highest BCUT2D eigenvalue weighted by Gasteiger charge is 2.34. The molecule has 4 aliphatic heterocycles. The molecule has 4 aromatic carbocycles. The van der Waals surface area contributed by atoms with Crippen molar-refractivity contribution in [2.45, 2.75) is 58.4 Å². The molecule has 0 aromatic heterocycles. The second kappa shape index (κ2) is 15.5. The predicted octanol–water partition coefficient (Wildman–Crippen LogP) is 6.97. The van der Waals surface area contributed by atoms with Gasteiger partial charge in [0.05, 0.1) is 42.4 Å². The van der Waals surface area contributed by atoms with Crippen molar-refractivity contribution in [2.75, 3.05) is 52.3 Å². The molecule has 12 heteroatoms. The number of ether oxygens (including phenoxy) is 2. The van der Waals surface area contributed by atoms with Crippen LogP contribution in [0.15, 0.2) is 84.9 Å². The molecule has 10 nitrogen and oxygen atoms in total. The van der Waals surface area contributed by atoms with Crippen molar-refractivity contribution in [1.82, 2.24) is 5.32 Å². The van der Waals surface area contributed by atoms with Gasteiger partial charge in [0, 0.05) is 33.1 Å². The molecule has 0 bridgehead atoms. The summed E-state index contributed by atoms with van der Waals surface area (Å²) in [4.78, 5) is 42.1. The van der Waals surface area contributed by atoms with E-state index in [-0.39, 0.29) is 36.7 Å². The molecule has 0 spiro atoms. The Balaban J connectivity index is 0.000000165. The van der Waals surface area contributed by atoms with E-state index in [0.29, 0.717) is 42.4 Å². The van der Waals surface area contributed by atoms with Crippen molar-refractivity contribution < 1.29 is 32.6 Å². The maximum atomic E-state index is 14.9. The maximum absolute atomic E-state index is 14.9. The molecule has 0 radical (unpaired) electrons. The Kier molecular flexibility index (Phi) is 10.5. The zero-order valence-electron chi connectivity index (χ0n) is 29.9. The average Bonchev–Trinajstić information content (AvgIpc) is 3.75. The summed E-state index contributed by atoms with van der Waals surface area (Å²) in [6, 6.07) is 26.3. The van der Waals surface area contributed by atoms with Crippen LogP contribution < -0.4 is 24.9 Å². The highest BCUT2D eigenvalue weighted by molar-refractivity contribution is 5.91. The van der Waals surface area contributed by atoms with E-state index >= 15 is 0 Å². The van der Waals surface area contributed by atoms with Crippen LogP contribution in [0.2, 0.25) is 0 Å². The number of amides is 3. The lowest BCUT2D eigenvalue weighted by molar-refractivity contribution is -0.119. The SMILES string of the molecule is CC(=O)NC[C@H]1CN(c2ccc(N3CCc4ccccc4C3)c(F)c2)C(=O)O1.CC[C@H]1CN(c2ccc(N3CCc4ccccc4C3)c(F)c2)C(=O)O1. The van der Waals surface area contributed by atoms with Crippen LogP contribution in [0.4, 0.5) is 41.1 Å². The van der Waals surface area contributed by atoms with Gasteiger partial charge < -0.3 is 24.6 Å². The molecule has 4 aromatic rings. The third-order valence-corrected chi connectivity index (χ3v) is 10.2. The molecule has 0 aliphatic carbocycles. The minimum absolute atomic E-state index is 0.117. The van der Waals surface area contributed by atoms with Crippen LogP contribution >= 0.6 is 0 Å². The number of nitrogens with zero attached hydrogens (tertiary/aromatic N) is 4. The molecule has 4 heterocycles. The summed E-state index contributed by atoms with van der Waals surface area (Å²) in [6.07, 6.45) is 1.05. The number of cyclic esters (lactones) is 2. The maximum Gasteiger partial charge on any atom is 0.414 e. The summed E-state index contributed by atoms with van der Waals surface area (Å²) < 4.78 is 40.1. The van der Waals surface area contributed by atoms with Gasteiger partial charge >= 0.3 is 12.2 Å². The molecule has 0 saturated carbocycles. The number of halogens is 2. The number of hydrogen-bond acceptors (Lipinski definition) is 7. The first-order valence-corrected chi connectivity index (χ1v) is 18.1. The summed E-state index contributed by atoms with van der Waals surface area (Å²) in [6.45, 7) is 7.27. The summed E-state index contributed by atoms with van der Waals surface area (Å²) in [5.41, 5.74) is 7.21. The number of carbonyl (C=O) groups is 3. The zero-order chi connectivity index (χ0) is 37.1. The third-order valence-electron chi connectivity index (χ3n) is 10.2. The van der Waals surface area contributed by atoms with E-state index in [0.717, 1.165) is 32.4 Å². The lowest BCUT2D eigenvalue weighted by atomic mass is 9.99. The lowest BCUT2D eigenvalue weighted by Crippen LogP contribution is -2.33. The quantitative estimate of drug-likeness (QED) is 0.220. The molecule has 4 aliphatic rings. The second-order valence-corrected chi connectivity index (χ2v) is 13.7. The average molecular weight is 724 g/mol.